The molecule has 2 heteroatoms. The van der Waals surface area contributed by atoms with Crippen molar-refractivity contribution < 1.29 is 0 Å². The number of hydrogen-bond donors (Lipinski definition) is 0. The normalized spacial score (nSPS) is 18.4. The molecule has 0 aliphatic carbocycles. The van der Waals surface area contributed by atoms with Crippen molar-refractivity contribution >= 4 is 23.2 Å². The molecule has 0 aromatic heterocycles. The summed E-state index contributed by atoms with van der Waals surface area (Å²) in [5.41, 5.74) is 4.84. The first-order valence-electron chi connectivity index (χ1n) is 6.62. The number of aliphatic imine (C=N–C) groups is 1. The van der Waals surface area contributed by atoms with Gasteiger partial charge in [-0.3, -0.25) is 4.99 Å². The molecule has 0 bridgehead atoms. The van der Waals surface area contributed by atoms with Crippen LogP contribution in [0.15, 0.2) is 58.4 Å². The maximum absolute atomic E-state index is 4.89. The molecule has 1 aliphatic rings. The van der Waals surface area contributed by atoms with Crippen molar-refractivity contribution in [2.45, 2.75) is 30.4 Å². The van der Waals surface area contributed by atoms with E-state index < -0.39 is 0 Å². The molecule has 1 aliphatic heterocycles. The second-order valence-electron chi connectivity index (χ2n) is 5.02. The molecule has 1 unspecified atom stereocenters. The van der Waals surface area contributed by atoms with Crippen LogP contribution >= 0.6 is 11.8 Å². The van der Waals surface area contributed by atoms with Crippen molar-refractivity contribution in [3.63, 3.8) is 0 Å². The predicted octanol–water partition coefficient (Wildman–Crippen LogP) is 5.00. The minimum Gasteiger partial charge on any atom is -0.252 e. The highest BCUT2D eigenvalue weighted by Gasteiger charge is 2.17. The van der Waals surface area contributed by atoms with E-state index in [2.05, 4.69) is 62.4 Å². The van der Waals surface area contributed by atoms with E-state index in [0.29, 0.717) is 5.25 Å². The average molecular weight is 267 g/mol. The first kappa shape index (κ1) is 12.5. The number of benzene rings is 2. The lowest BCUT2D eigenvalue weighted by atomic mass is 10.0. The third-order valence-corrected chi connectivity index (χ3v) is 4.48. The smallest absolute Gasteiger partial charge is 0.0769 e. The van der Waals surface area contributed by atoms with Crippen molar-refractivity contribution in [1.82, 2.24) is 0 Å². The summed E-state index contributed by atoms with van der Waals surface area (Å²) in [5, 5.41) is 0.559. The Bertz CT molecular complexity index is 613. The van der Waals surface area contributed by atoms with Crippen LogP contribution in [0.1, 0.15) is 24.5 Å². The van der Waals surface area contributed by atoms with Crippen molar-refractivity contribution in [3.8, 4) is 0 Å². The van der Waals surface area contributed by atoms with E-state index in [1.54, 1.807) is 0 Å². The second kappa shape index (κ2) is 5.22. The van der Waals surface area contributed by atoms with Crippen LogP contribution in [0, 0.1) is 6.92 Å². The van der Waals surface area contributed by atoms with Crippen LogP contribution in [0.25, 0.3) is 0 Å². The van der Waals surface area contributed by atoms with Gasteiger partial charge in [0.2, 0.25) is 0 Å². The van der Waals surface area contributed by atoms with Crippen molar-refractivity contribution in [2.24, 2.45) is 4.99 Å². The lowest BCUT2D eigenvalue weighted by Crippen LogP contribution is -2.07. The summed E-state index contributed by atoms with van der Waals surface area (Å²) < 4.78 is 0. The van der Waals surface area contributed by atoms with Gasteiger partial charge in [0, 0.05) is 22.3 Å². The molecular weight excluding hydrogens is 250 g/mol. The lowest BCUT2D eigenvalue weighted by Gasteiger charge is -2.09. The Balaban J connectivity index is 2.06. The van der Waals surface area contributed by atoms with E-state index in [0.717, 1.165) is 12.1 Å². The van der Waals surface area contributed by atoms with Crippen LogP contribution in [-0.4, -0.2) is 11.0 Å². The van der Waals surface area contributed by atoms with Crippen LogP contribution in [0.2, 0.25) is 0 Å². The van der Waals surface area contributed by atoms with Gasteiger partial charge in [-0.1, -0.05) is 48.9 Å². The fourth-order valence-electron chi connectivity index (χ4n) is 2.30. The maximum Gasteiger partial charge on any atom is 0.0769 e. The molecule has 3 rings (SSSR count). The molecule has 2 aromatic rings. The van der Waals surface area contributed by atoms with Gasteiger partial charge in [0.15, 0.2) is 0 Å². The van der Waals surface area contributed by atoms with Crippen LogP contribution in [-0.2, 0) is 0 Å². The zero-order valence-corrected chi connectivity index (χ0v) is 12.1. The van der Waals surface area contributed by atoms with Crippen LogP contribution in [0.3, 0.4) is 0 Å². The molecule has 0 amide bonds. The molecule has 0 spiro atoms. The summed E-state index contributed by atoms with van der Waals surface area (Å²) in [6.07, 6.45) is 1.02. The molecule has 2 aromatic carbocycles. The molecule has 0 fully saturated rings. The third-order valence-electron chi connectivity index (χ3n) is 3.31. The fraction of sp³-hybridized carbons (Fsp3) is 0.235. The molecule has 0 saturated carbocycles. The molecule has 1 heterocycles. The van der Waals surface area contributed by atoms with E-state index >= 15 is 0 Å². The Morgan fingerprint density at radius 1 is 1.05 bits per heavy atom. The number of rotatable bonds is 1. The SMILES string of the molecule is Cc1ccc(C2=Nc3ccccc3SC(C)C2)cc1. The molecule has 96 valence electrons. The van der Waals surface area contributed by atoms with E-state index in [1.807, 2.05) is 11.8 Å². The Hall–Kier alpha value is -1.54. The van der Waals surface area contributed by atoms with Gasteiger partial charge in [0.05, 0.1) is 5.69 Å². The van der Waals surface area contributed by atoms with E-state index in [1.165, 1.54) is 21.7 Å². The molecule has 1 nitrogen and oxygen atoms in total. The van der Waals surface area contributed by atoms with Gasteiger partial charge in [0.25, 0.3) is 0 Å². The molecule has 0 saturated heterocycles. The van der Waals surface area contributed by atoms with Gasteiger partial charge < -0.3 is 0 Å². The molecular formula is C17H17NS. The van der Waals surface area contributed by atoms with Crippen LogP contribution in [0.4, 0.5) is 5.69 Å². The number of nitrogens with zero attached hydrogens (tertiary/aromatic N) is 1. The zero-order valence-electron chi connectivity index (χ0n) is 11.3. The average Bonchev–Trinajstić information content (AvgIpc) is 2.57. The van der Waals surface area contributed by atoms with E-state index in [4.69, 9.17) is 4.99 Å². The molecule has 0 N–H and O–H groups in total. The summed E-state index contributed by atoms with van der Waals surface area (Å²) in [6.45, 7) is 4.39. The fourth-order valence-corrected chi connectivity index (χ4v) is 3.37. The lowest BCUT2D eigenvalue weighted by molar-refractivity contribution is 1.02. The second-order valence-corrected chi connectivity index (χ2v) is 6.51. The van der Waals surface area contributed by atoms with Crippen molar-refractivity contribution in [3.05, 3.63) is 59.7 Å². The third kappa shape index (κ3) is 2.74. The van der Waals surface area contributed by atoms with Crippen LogP contribution < -0.4 is 0 Å². The van der Waals surface area contributed by atoms with Crippen LogP contribution in [0.5, 0.6) is 0 Å². The van der Waals surface area contributed by atoms with E-state index in [-0.39, 0.29) is 0 Å². The summed E-state index contributed by atoms with van der Waals surface area (Å²) in [4.78, 5) is 6.17. The zero-order chi connectivity index (χ0) is 13.2. The van der Waals surface area contributed by atoms with Gasteiger partial charge in [-0.25, -0.2) is 0 Å². The highest BCUT2D eigenvalue weighted by molar-refractivity contribution is 8.00. The molecule has 1 atom stereocenters. The minimum atomic E-state index is 0.559. The van der Waals surface area contributed by atoms with Crippen molar-refractivity contribution in [1.29, 1.82) is 0 Å². The maximum atomic E-state index is 4.89. The molecule has 19 heavy (non-hydrogen) atoms. The highest BCUT2D eigenvalue weighted by Crippen LogP contribution is 2.37. The summed E-state index contributed by atoms with van der Waals surface area (Å²) in [5.74, 6) is 0. The summed E-state index contributed by atoms with van der Waals surface area (Å²) in [7, 11) is 0. The predicted molar refractivity (Wildman–Crippen MR) is 83.8 cm³/mol. The Morgan fingerprint density at radius 2 is 1.79 bits per heavy atom. The van der Waals surface area contributed by atoms with Crippen molar-refractivity contribution in [2.75, 3.05) is 0 Å². The Morgan fingerprint density at radius 3 is 2.58 bits per heavy atom. The van der Waals surface area contributed by atoms with Gasteiger partial charge >= 0.3 is 0 Å². The Kier molecular flexibility index (Phi) is 3.43. The quantitative estimate of drug-likeness (QED) is 0.708. The van der Waals surface area contributed by atoms with E-state index in [9.17, 15) is 0 Å². The molecule has 0 radical (unpaired) electrons. The summed E-state index contributed by atoms with van der Waals surface area (Å²) >= 11 is 1.92. The van der Waals surface area contributed by atoms with Gasteiger partial charge in [0.1, 0.15) is 0 Å². The standard InChI is InChI=1S/C17H17NS/c1-12-7-9-14(10-8-12)16-11-13(2)19-17-6-4-3-5-15(17)18-16/h3-10,13H,11H2,1-2H3. The number of aryl methyl sites for hydroxylation is 1. The number of hydrogen-bond acceptors (Lipinski definition) is 2. The monoisotopic (exact) mass is 267 g/mol. The largest absolute Gasteiger partial charge is 0.252 e. The topological polar surface area (TPSA) is 12.4 Å². The van der Waals surface area contributed by atoms with Gasteiger partial charge in [-0.15, -0.1) is 11.8 Å². The number of para-hydroxylation sites is 1. The summed E-state index contributed by atoms with van der Waals surface area (Å²) in [6, 6.07) is 17.1. The van der Waals surface area contributed by atoms with Gasteiger partial charge in [-0.05, 0) is 24.6 Å². The number of fused-ring (bicyclic) bond motifs is 1. The first-order valence-corrected chi connectivity index (χ1v) is 7.50. The highest BCUT2D eigenvalue weighted by atomic mass is 32.2. The van der Waals surface area contributed by atoms with Gasteiger partial charge in [-0.2, -0.15) is 0 Å². The Labute approximate surface area is 118 Å². The first-order chi connectivity index (χ1) is 9.22. The number of thioether (sulfide) groups is 1. The minimum absolute atomic E-state index is 0.559.